The van der Waals surface area contributed by atoms with Crippen LogP contribution in [0.5, 0.6) is 0 Å². The normalized spacial score (nSPS) is 17.4. The van der Waals surface area contributed by atoms with Gasteiger partial charge in [0.05, 0.1) is 58.2 Å². The summed E-state index contributed by atoms with van der Waals surface area (Å²) in [6, 6.07) is 10.7. The summed E-state index contributed by atoms with van der Waals surface area (Å²) >= 11 is 0. The molecular weight excluding hydrogens is 656 g/mol. The number of allylic oxidation sites excluding steroid dienone is 4. The summed E-state index contributed by atoms with van der Waals surface area (Å²) in [5, 5.41) is 28.4. The first kappa shape index (κ1) is 36.5. The molecule has 0 bridgehead atoms. The second-order valence-electron chi connectivity index (χ2n) is 11.2. The molecule has 2 aromatic carbocycles. The summed E-state index contributed by atoms with van der Waals surface area (Å²) in [5.41, 5.74) is 2.21. The predicted molar refractivity (Wildman–Crippen MR) is 175 cm³/mol. The Balaban J connectivity index is 1.55. The van der Waals surface area contributed by atoms with Crippen molar-refractivity contribution in [2.45, 2.75) is 39.5 Å². The van der Waals surface area contributed by atoms with Gasteiger partial charge < -0.3 is 29.6 Å². The van der Waals surface area contributed by atoms with Crippen molar-refractivity contribution in [2.24, 2.45) is 0 Å². The maximum Gasteiger partial charge on any atom is 0.336 e. The van der Waals surface area contributed by atoms with Crippen molar-refractivity contribution in [1.29, 1.82) is 0 Å². The third-order valence-corrected chi connectivity index (χ3v) is 8.20. The van der Waals surface area contributed by atoms with Gasteiger partial charge in [-0.2, -0.15) is 0 Å². The smallest absolute Gasteiger partial charge is 0.336 e. The van der Waals surface area contributed by atoms with Crippen LogP contribution in [0.3, 0.4) is 0 Å². The lowest BCUT2D eigenvalue weighted by atomic mass is 9.80. The summed E-state index contributed by atoms with van der Waals surface area (Å²) in [7, 11) is 2.37. The van der Waals surface area contributed by atoms with Crippen LogP contribution >= 0.6 is 0 Å². The van der Waals surface area contributed by atoms with Gasteiger partial charge in [0.1, 0.15) is 13.2 Å². The van der Waals surface area contributed by atoms with Crippen LogP contribution in [-0.2, 0) is 38.1 Å². The highest BCUT2D eigenvalue weighted by atomic mass is 16.6. The Morgan fingerprint density at radius 2 is 0.840 bits per heavy atom. The van der Waals surface area contributed by atoms with Gasteiger partial charge >= 0.3 is 23.9 Å². The highest BCUT2D eigenvalue weighted by Gasteiger charge is 2.39. The van der Waals surface area contributed by atoms with E-state index in [1.54, 1.807) is 27.7 Å². The van der Waals surface area contributed by atoms with E-state index in [1.165, 1.54) is 62.8 Å². The summed E-state index contributed by atoms with van der Waals surface area (Å²) in [5.74, 6) is -5.17. The van der Waals surface area contributed by atoms with E-state index >= 15 is 0 Å². The van der Waals surface area contributed by atoms with Crippen LogP contribution < -0.4 is 10.6 Å². The first-order valence-corrected chi connectivity index (χ1v) is 15.1. The minimum Gasteiger partial charge on any atom is -0.466 e. The molecule has 16 heteroatoms. The van der Waals surface area contributed by atoms with Crippen LogP contribution in [-0.4, -0.2) is 61.2 Å². The Labute approximate surface area is 285 Å². The third-order valence-electron chi connectivity index (χ3n) is 8.20. The molecule has 0 spiro atoms. The van der Waals surface area contributed by atoms with Crippen molar-refractivity contribution in [3.63, 3.8) is 0 Å². The topological polar surface area (TPSA) is 216 Å². The van der Waals surface area contributed by atoms with Gasteiger partial charge in [-0.05, 0) is 38.8 Å². The number of non-ortho nitro benzene ring substituents is 2. The number of nitro groups is 2. The molecule has 0 aromatic heterocycles. The van der Waals surface area contributed by atoms with Crippen molar-refractivity contribution in [2.75, 3.05) is 27.4 Å². The zero-order chi connectivity index (χ0) is 36.9. The number of carbonyl (C=O) groups excluding carboxylic acids is 4. The maximum atomic E-state index is 13.6. The monoisotopic (exact) mass is 690 g/mol. The van der Waals surface area contributed by atoms with Gasteiger partial charge in [-0.15, -0.1) is 0 Å². The van der Waals surface area contributed by atoms with Crippen molar-refractivity contribution < 1.29 is 48.0 Å². The molecule has 0 aliphatic carbocycles. The summed E-state index contributed by atoms with van der Waals surface area (Å²) in [6.07, 6.45) is 0. The molecule has 2 N–H and O–H groups in total. The quantitative estimate of drug-likeness (QED) is 0.112. The number of benzene rings is 2. The molecule has 0 amide bonds. The number of nitrogens with zero attached hydrogens (tertiary/aromatic N) is 2. The van der Waals surface area contributed by atoms with Crippen LogP contribution in [0, 0.1) is 20.2 Å². The Kier molecular flexibility index (Phi) is 11.2. The van der Waals surface area contributed by atoms with Crippen molar-refractivity contribution in [1.82, 2.24) is 10.6 Å². The molecular formula is C34H34N4O12. The fourth-order valence-electron chi connectivity index (χ4n) is 5.96. The van der Waals surface area contributed by atoms with Crippen LogP contribution in [0.2, 0.25) is 0 Å². The number of nitrogens with one attached hydrogen (secondary N) is 2. The lowest BCUT2D eigenvalue weighted by molar-refractivity contribution is -0.385. The van der Waals surface area contributed by atoms with Crippen LogP contribution in [0.25, 0.3) is 0 Å². The van der Waals surface area contributed by atoms with Crippen molar-refractivity contribution in [3.8, 4) is 0 Å². The molecule has 0 saturated carbocycles. The minimum atomic E-state index is -1.00. The molecule has 4 rings (SSSR count). The van der Waals surface area contributed by atoms with E-state index < -0.39 is 58.8 Å². The first-order valence-electron chi connectivity index (χ1n) is 15.1. The average Bonchev–Trinajstić information content (AvgIpc) is 3.08. The number of methoxy groups -OCH3 is 2. The number of hydrogen-bond donors (Lipinski definition) is 2. The molecule has 2 aliphatic rings. The van der Waals surface area contributed by atoms with Crippen molar-refractivity contribution in [3.05, 3.63) is 125 Å². The zero-order valence-corrected chi connectivity index (χ0v) is 28.0. The molecule has 2 heterocycles. The molecule has 262 valence electrons. The highest BCUT2D eigenvalue weighted by molar-refractivity contribution is 6.01. The molecule has 0 radical (unpaired) electrons. The standard InChI is InChI=1S/C34H34N4O12/c1-17-25(31(39)47-5)29(21-7-11-23(12-8-21)37(43)44)27(19(3)35-17)33(41)49-15-16-50-34(42)28-20(4)36-18(2)26(32(40)48-6)30(28)22-9-13-24(14-10-22)38(45)46/h7-14,29-30,35-36H,15-16H2,1-6H3. The molecule has 2 aromatic rings. The van der Waals surface area contributed by atoms with Gasteiger partial charge in [-0.3, -0.25) is 20.2 Å². The van der Waals surface area contributed by atoms with E-state index in [1.807, 2.05) is 0 Å². The molecule has 2 unspecified atom stereocenters. The summed E-state index contributed by atoms with van der Waals surface area (Å²) in [4.78, 5) is 74.2. The second kappa shape index (κ2) is 15.3. The average molecular weight is 691 g/mol. The molecule has 50 heavy (non-hydrogen) atoms. The molecule has 2 atom stereocenters. The Bertz CT molecular complexity index is 1750. The highest BCUT2D eigenvalue weighted by Crippen LogP contribution is 2.41. The van der Waals surface area contributed by atoms with Gasteiger partial charge in [0.15, 0.2) is 0 Å². The largest absolute Gasteiger partial charge is 0.466 e. The number of esters is 4. The fourth-order valence-corrected chi connectivity index (χ4v) is 5.96. The Hall–Kier alpha value is -6.32. The minimum absolute atomic E-state index is 0.0350. The number of nitro benzene ring substituents is 2. The van der Waals surface area contributed by atoms with Crippen LogP contribution in [0.15, 0.2) is 93.6 Å². The summed E-state index contributed by atoms with van der Waals surface area (Å²) in [6.45, 7) is 5.63. The van der Waals surface area contributed by atoms with Gasteiger partial charge in [0, 0.05) is 47.1 Å². The van der Waals surface area contributed by atoms with Gasteiger partial charge in [-0.25, -0.2) is 19.2 Å². The maximum absolute atomic E-state index is 13.6. The number of ether oxygens (including phenoxy) is 4. The van der Waals surface area contributed by atoms with E-state index in [-0.39, 0.29) is 33.7 Å². The lowest BCUT2D eigenvalue weighted by Crippen LogP contribution is -2.33. The molecule has 0 saturated heterocycles. The molecule has 16 nitrogen and oxygen atoms in total. The van der Waals surface area contributed by atoms with E-state index in [2.05, 4.69) is 10.6 Å². The first-order chi connectivity index (χ1) is 23.7. The number of carbonyl (C=O) groups is 4. The predicted octanol–water partition coefficient (Wildman–Crippen LogP) is 4.11. The van der Waals surface area contributed by atoms with Gasteiger partial charge in [0.2, 0.25) is 0 Å². The van der Waals surface area contributed by atoms with E-state index in [9.17, 15) is 39.4 Å². The number of dihydropyridines is 2. The lowest BCUT2D eigenvalue weighted by Gasteiger charge is -2.30. The Morgan fingerprint density at radius 1 is 0.560 bits per heavy atom. The van der Waals surface area contributed by atoms with Crippen molar-refractivity contribution >= 4 is 35.3 Å². The van der Waals surface area contributed by atoms with Gasteiger partial charge in [0.25, 0.3) is 11.4 Å². The zero-order valence-electron chi connectivity index (χ0n) is 28.0. The van der Waals surface area contributed by atoms with Gasteiger partial charge in [-0.1, -0.05) is 24.3 Å². The fraction of sp³-hybridized carbons (Fsp3) is 0.294. The Morgan fingerprint density at radius 3 is 1.10 bits per heavy atom. The second-order valence-corrected chi connectivity index (χ2v) is 11.2. The van der Waals surface area contributed by atoms with Crippen LogP contribution in [0.4, 0.5) is 11.4 Å². The van der Waals surface area contributed by atoms with Crippen LogP contribution in [0.1, 0.15) is 50.7 Å². The molecule has 0 fully saturated rings. The number of rotatable bonds is 11. The number of hydrogen-bond acceptors (Lipinski definition) is 14. The SMILES string of the molecule is COC(=O)C1=C(C)NC(C)=C(C(=O)OCCOC(=O)C2=C(C)NC(C)=C(C(=O)OC)C2c2ccc([N+](=O)[O-])cc2)C1c1ccc([N+](=O)[O-])cc1. The molecule has 2 aliphatic heterocycles. The van der Waals surface area contributed by atoms with E-state index in [0.717, 1.165) is 0 Å². The summed E-state index contributed by atoms with van der Waals surface area (Å²) < 4.78 is 20.9. The van der Waals surface area contributed by atoms with E-state index in [4.69, 9.17) is 18.9 Å². The third kappa shape index (κ3) is 7.38. The van der Waals surface area contributed by atoms with E-state index in [0.29, 0.717) is 33.9 Å².